The number of hydrogen-bond acceptors (Lipinski definition) is 3. The number of aryl methyl sites for hydroxylation is 1. The highest BCUT2D eigenvalue weighted by atomic mass is 16.5. The predicted octanol–water partition coefficient (Wildman–Crippen LogP) is 3.00. The fraction of sp³-hybridized carbons (Fsp3) is 0.647. The molecule has 2 atom stereocenters. The molecule has 1 saturated carbocycles. The van der Waals surface area contributed by atoms with E-state index in [0.717, 1.165) is 38.2 Å². The van der Waals surface area contributed by atoms with Crippen LogP contribution < -0.4 is 4.74 Å². The number of aliphatic hydroxyl groups excluding tert-OH is 1. The summed E-state index contributed by atoms with van der Waals surface area (Å²) in [5, 5.41) is 10.0. The molecule has 0 radical (unpaired) electrons. The lowest BCUT2D eigenvalue weighted by molar-refractivity contribution is 0.0304. The summed E-state index contributed by atoms with van der Waals surface area (Å²) in [6, 6.07) is 8.50. The quantitative estimate of drug-likeness (QED) is 0.811. The normalized spacial score (nSPS) is 23.0. The second kappa shape index (κ2) is 7.65. The van der Waals surface area contributed by atoms with E-state index < -0.39 is 0 Å². The zero-order valence-electron chi connectivity index (χ0n) is 12.7. The Balaban J connectivity index is 1.67. The predicted molar refractivity (Wildman–Crippen MR) is 82.2 cm³/mol. The van der Waals surface area contributed by atoms with Crippen molar-refractivity contribution in [1.82, 2.24) is 4.90 Å². The minimum absolute atomic E-state index is 0.147. The van der Waals surface area contributed by atoms with Crippen LogP contribution in [0.1, 0.15) is 37.7 Å². The molecule has 0 spiro atoms. The van der Waals surface area contributed by atoms with E-state index in [2.05, 4.69) is 31.0 Å². The van der Waals surface area contributed by atoms with Gasteiger partial charge in [-0.3, -0.25) is 0 Å². The molecule has 1 aromatic rings. The molecule has 1 aliphatic carbocycles. The smallest absolute Gasteiger partial charge is 0.119 e. The molecule has 0 heterocycles. The molecule has 0 amide bonds. The van der Waals surface area contributed by atoms with Gasteiger partial charge in [-0.05, 0) is 50.9 Å². The number of benzene rings is 1. The first-order valence-electron chi connectivity index (χ1n) is 7.74. The fourth-order valence-corrected chi connectivity index (χ4v) is 2.98. The van der Waals surface area contributed by atoms with Crippen molar-refractivity contribution in [3.05, 3.63) is 29.8 Å². The van der Waals surface area contributed by atoms with E-state index in [9.17, 15) is 5.11 Å². The van der Waals surface area contributed by atoms with Crippen molar-refractivity contribution < 1.29 is 9.84 Å². The highest BCUT2D eigenvalue weighted by Gasteiger charge is 2.25. The van der Waals surface area contributed by atoms with Gasteiger partial charge in [0.15, 0.2) is 0 Å². The van der Waals surface area contributed by atoms with Gasteiger partial charge in [0.05, 0.1) is 12.7 Å². The Kier molecular flexibility index (Phi) is 5.86. The van der Waals surface area contributed by atoms with Crippen molar-refractivity contribution in [2.24, 2.45) is 0 Å². The second-order valence-electron chi connectivity index (χ2n) is 5.92. The maximum absolute atomic E-state index is 10.0. The Morgan fingerprint density at radius 3 is 2.85 bits per heavy atom. The average Bonchev–Trinajstić information content (AvgIpc) is 2.44. The van der Waals surface area contributed by atoms with E-state index in [-0.39, 0.29) is 6.10 Å². The summed E-state index contributed by atoms with van der Waals surface area (Å²) in [5.74, 6) is 0.949. The van der Waals surface area contributed by atoms with Crippen molar-refractivity contribution >= 4 is 0 Å². The Morgan fingerprint density at radius 2 is 2.10 bits per heavy atom. The Morgan fingerprint density at radius 1 is 1.30 bits per heavy atom. The highest BCUT2D eigenvalue weighted by molar-refractivity contribution is 5.27. The van der Waals surface area contributed by atoms with Crippen LogP contribution in [0.15, 0.2) is 24.3 Å². The number of hydrogen-bond donors (Lipinski definition) is 1. The maximum Gasteiger partial charge on any atom is 0.119 e. The molecule has 0 aromatic heterocycles. The van der Waals surface area contributed by atoms with Gasteiger partial charge in [-0.15, -0.1) is 0 Å². The molecule has 0 saturated heterocycles. The molecule has 3 nitrogen and oxygen atoms in total. The van der Waals surface area contributed by atoms with Gasteiger partial charge < -0.3 is 14.7 Å². The number of likely N-dealkylation sites (N-methyl/N-ethyl adjacent to an activating group) is 1. The number of rotatable bonds is 6. The van der Waals surface area contributed by atoms with E-state index in [0.29, 0.717) is 6.04 Å². The molecule has 0 aliphatic heterocycles. The Hall–Kier alpha value is -1.06. The number of aliphatic hydroxyl groups is 1. The van der Waals surface area contributed by atoms with Crippen molar-refractivity contribution in [3.63, 3.8) is 0 Å². The average molecular weight is 277 g/mol. The topological polar surface area (TPSA) is 32.7 Å². The van der Waals surface area contributed by atoms with Crippen LogP contribution in [0.3, 0.4) is 0 Å². The van der Waals surface area contributed by atoms with Crippen LogP contribution in [0.25, 0.3) is 0 Å². The van der Waals surface area contributed by atoms with Crippen LogP contribution in [0.4, 0.5) is 0 Å². The van der Waals surface area contributed by atoms with Gasteiger partial charge in [0.25, 0.3) is 0 Å². The Labute approximate surface area is 122 Å². The van der Waals surface area contributed by atoms with Crippen LogP contribution in [-0.2, 0) is 0 Å². The molecular weight excluding hydrogens is 250 g/mol. The summed E-state index contributed by atoms with van der Waals surface area (Å²) in [6.07, 6.45) is 5.33. The first-order valence-corrected chi connectivity index (χ1v) is 7.74. The molecule has 3 heteroatoms. The molecule has 1 aromatic carbocycles. The van der Waals surface area contributed by atoms with Gasteiger partial charge in [-0.1, -0.05) is 25.0 Å². The van der Waals surface area contributed by atoms with Gasteiger partial charge in [-0.25, -0.2) is 0 Å². The minimum atomic E-state index is -0.147. The molecule has 1 aliphatic rings. The largest absolute Gasteiger partial charge is 0.494 e. The van der Waals surface area contributed by atoms with Crippen molar-refractivity contribution in [3.8, 4) is 5.75 Å². The highest BCUT2D eigenvalue weighted by Crippen LogP contribution is 2.22. The van der Waals surface area contributed by atoms with Crippen molar-refractivity contribution in [2.45, 2.75) is 51.2 Å². The van der Waals surface area contributed by atoms with E-state index in [1.165, 1.54) is 18.4 Å². The van der Waals surface area contributed by atoms with Crippen molar-refractivity contribution in [1.29, 1.82) is 0 Å². The second-order valence-corrected chi connectivity index (χ2v) is 5.92. The third-order valence-electron chi connectivity index (χ3n) is 4.17. The van der Waals surface area contributed by atoms with E-state index >= 15 is 0 Å². The van der Waals surface area contributed by atoms with Gasteiger partial charge in [-0.2, -0.15) is 0 Å². The third kappa shape index (κ3) is 4.50. The minimum Gasteiger partial charge on any atom is -0.494 e. The summed E-state index contributed by atoms with van der Waals surface area (Å²) < 4.78 is 5.76. The molecular formula is C17H27NO2. The number of ether oxygens (including phenoxy) is 1. The lowest BCUT2D eigenvalue weighted by Gasteiger charge is -2.35. The standard InChI is InChI=1S/C17H27NO2/c1-14-7-5-8-15(13-14)20-12-6-11-18(2)16-9-3-4-10-17(16)19/h5,7-8,13,16-17,19H,3-4,6,9-12H2,1-2H3. The Bertz CT molecular complexity index is 408. The zero-order valence-corrected chi connectivity index (χ0v) is 12.7. The van der Waals surface area contributed by atoms with E-state index in [4.69, 9.17) is 4.74 Å². The van der Waals surface area contributed by atoms with Gasteiger partial charge >= 0.3 is 0 Å². The van der Waals surface area contributed by atoms with E-state index in [1.807, 2.05) is 12.1 Å². The monoisotopic (exact) mass is 277 g/mol. The van der Waals surface area contributed by atoms with E-state index in [1.54, 1.807) is 0 Å². The summed E-state index contributed by atoms with van der Waals surface area (Å²) in [7, 11) is 2.12. The summed E-state index contributed by atoms with van der Waals surface area (Å²) in [6.45, 7) is 3.79. The van der Waals surface area contributed by atoms with Crippen molar-refractivity contribution in [2.75, 3.05) is 20.2 Å². The summed E-state index contributed by atoms with van der Waals surface area (Å²) in [5.41, 5.74) is 1.23. The van der Waals surface area contributed by atoms with Crippen LogP contribution >= 0.6 is 0 Å². The van der Waals surface area contributed by atoms with Gasteiger partial charge in [0.1, 0.15) is 5.75 Å². The lowest BCUT2D eigenvalue weighted by atomic mass is 9.91. The molecule has 1 N–H and O–H groups in total. The molecule has 2 unspecified atom stereocenters. The first kappa shape index (κ1) is 15.3. The SMILES string of the molecule is Cc1cccc(OCCCN(C)C2CCCCC2O)c1. The number of nitrogens with zero attached hydrogens (tertiary/aromatic N) is 1. The summed E-state index contributed by atoms with van der Waals surface area (Å²) in [4.78, 5) is 2.30. The van der Waals surface area contributed by atoms with Crippen LogP contribution in [0.2, 0.25) is 0 Å². The fourth-order valence-electron chi connectivity index (χ4n) is 2.98. The molecule has 20 heavy (non-hydrogen) atoms. The lowest BCUT2D eigenvalue weighted by Crippen LogP contribution is -2.43. The van der Waals surface area contributed by atoms with Gasteiger partial charge in [0, 0.05) is 12.6 Å². The first-order chi connectivity index (χ1) is 9.66. The zero-order chi connectivity index (χ0) is 14.4. The van der Waals surface area contributed by atoms with Crippen LogP contribution in [-0.4, -0.2) is 42.4 Å². The molecule has 112 valence electrons. The van der Waals surface area contributed by atoms with Crippen LogP contribution in [0.5, 0.6) is 5.75 Å². The molecule has 1 fully saturated rings. The molecule has 2 rings (SSSR count). The van der Waals surface area contributed by atoms with Gasteiger partial charge in [0.2, 0.25) is 0 Å². The van der Waals surface area contributed by atoms with Crippen LogP contribution in [0, 0.1) is 6.92 Å². The maximum atomic E-state index is 10.0. The third-order valence-corrected chi connectivity index (χ3v) is 4.17. The molecule has 0 bridgehead atoms. The summed E-state index contributed by atoms with van der Waals surface area (Å²) >= 11 is 0.